The SMILES string of the molecule is NCc1ncnc(COCc2ccccc2)c1F. The van der Waals surface area contributed by atoms with Gasteiger partial charge in [0.2, 0.25) is 0 Å². The highest BCUT2D eigenvalue weighted by molar-refractivity contribution is 5.14. The molecule has 5 heteroatoms. The van der Waals surface area contributed by atoms with E-state index in [9.17, 15) is 4.39 Å². The average Bonchev–Trinajstić information content (AvgIpc) is 2.42. The van der Waals surface area contributed by atoms with Crippen LogP contribution >= 0.6 is 0 Å². The predicted molar refractivity (Wildman–Crippen MR) is 64.8 cm³/mol. The Morgan fingerprint density at radius 3 is 2.50 bits per heavy atom. The quantitative estimate of drug-likeness (QED) is 0.875. The molecule has 2 aromatic rings. The van der Waals surface area contributed by atoms with Gasteiger partial charge in [0.15, 0.2) is 5.82 Å². The molecular formula is C13H14FN3O. The topological polar surface area (TPSA) is 61.0 Å². The summed E-state index contributed by atoms with van der Waals surface area (Å²) in [6.45, 7) is 0.582. The summed E-state index contributed by atoms with van der Waals surface area (Å²) >= 11 is 0. The van der Waals surface area contributed by atoms with Gasteiger partial charge in [0.05, 0.1) is 18.9 Å². The molecule has 1 aromatic heterocycles. The first-order valence-corrected chi connectivity index (χ1v) is 5.61. The third kappa shape index (κ3) is 3.09. The zero-order valence-corrected chi connectivity index (χ0v) is 9.84. The second-order valence-corrected chi connectivity index (χ2v) is 3.76. The molecule has 0 radical (unpaired) electrons. The molecule has 0 saturated carbocycles. The monoisotopic (exact) mass is 247 g/mol. The zero-order chi connectivity index (χ0) is 12.8. The molecule has 0 aliphatic heterocycles. The molecular weight excluding hydrogens is 233 g/mol. The minimum atomic E-state index is -0.479. The van der Waals surface area contributed by atoms with Crippen LogP contribution in [0.2, 0.25) is 0 Å². The van der Waals surface area contributed by atoms with Crippen molar-refractivity contribution in [3.63, 3.8) is 0 Å². The molecule has 0 atom stereocenters. The number of rotatable bonds is 5. The smallest absolute Gasteiger partial charge is 0.169 e. The summed E-state index contributed by atoms with van der Waals surface area (Å²) in [7, 11) is 0. The predicted octanol–water partition coefficient (Wildman–Crippen LogP) is 1.79. The number of ether oxygens (including phenoxy) is 1. The van der Waals surface area contributed by atoms with Gasteiger partial charge in [-0.05, 0) is 5.56 Å². The van der Waals surface area contributed by atoms with Crippen molar-refractivity contribution in [2.24, 2.45) is 5.73 Å². The molecule has 0 fully saturated rings. The third-order valence-corrected chi connectivity index (χ3v) is 2.48. The van der Waals surface area contributed by atoms with E-state index < -0.39 is 5.82 Å². The van der Waals surface area contributed by atoms with Gasteiger partial charge in [0.25, 0.3) is 0 Å². The Hall–Kier alpha value is -1.85. The summed E-state index contributed by atoms with van der Waals surface area (Å²) < 4.78 is 19.1. The summed E-state index contributed by atoms with van der Waals surface area (Å²) in [4.78, 5) is 7.61. The van der Waals surface area contributed by atoms with Gasteiger partial charge in [-0.2, -0.15) is 0 Å². The van der Waals surface area contributed by atoms with E-state index >= 15 is 0 Å². The molecule has 0 unspecified atom stereocenters. The molecule has 18 heavy (non-hydrogen) atoms. The molecule has 0 amide bonds. The standard InChI is InChI=1S/C13H14FN3O/c14-13-11(6-15)16-9-17-12(13)8-18-7-10-4-2-1-3-5-10/h1-5,9H,6-8,15H2. The lowest BCUT2D eigenvalue weighted by Crippen LogP contribution is -2.08. The van der Waals surface area contributed by atoms with Crippen LogP contribution in [0.1, 0.15) is 17.0 Å². The lowest BCUT2D eigenvalue weighted by molar-refractivity contribution is 0.102. The van der Waals surface area contributed by atoms with Gasteiger partial charge in [-0.3, -0.25) is 0 Å². The molecule has 2 rings (SSSR count). The van der Waals surface area contributed by atoms with E-state index in [1.165, 1.54) is 6.33 Å². The van der Waals surface area contributed by atoms with E-state index in [4.69, 9.17) is 10.5 Å². The minimum Gasteiger partial charge on any atom is -0.370 e. The maximum absolute atomic E-state index is 13.7. The third-order valence-electron chi connectivity index (χ3n) is 2.48. The number of hydrogen-bond acceptors (Lipinski definition) is 4. The van der Waals surface area contributed by atoms with Gasteiger partial charge in [-0.25, -0.2) is 14.4 Å². The highest BCUT2D eigenvalue weighted by Crippen LogP contribution is 2.09. The van der Waals surface area contributed by atoms with Crippen molar-refractivity contribution in [3.05, 3.63) is 59.4 Å². The van der Waals surface area contributed by atoms with Crippen LogP contribution in [0, 0.1) is 5.82 Å². The van der Waals surface area contributed by atoms with E-state index in [2.05, 4.69) is 9.97 Å². The first-order chi connectivity index (χ1) is 8.81. The number of nitrogens with zero attached hydrogens (tertiary/aromatic N) is 2. The van der Waals surface area contributed by atoms with Gasteiger partial charge >= 0.3 is 0 Å². The van der Waals surface area contributed by atoms with Crippen molar-refractivity contribution in [2.75, 3.05) is 0 Å². The molecule has 1 heterocycles. The summed E-state index contributed by atoms with van der Waals surface area (Å²) in [6.07, 6.45) is 1.30. The van der Waals surface area contributed by atoms with E-state index in [0.717, 1.165) is 5.56 Å². The van der Waals surface area contributed by atoms with Crippen LogP contribution in [-0.4, -0.2) is 9.97 Å². The lowest BCUT2D eigenvalue weighted by atomic mass is 10.2. The first-order valence-electron chi connectivity index (χ1n) is 5.61. The van der Waals surface area contributed by atoms with Crippen LogP contribution in [0.25, 0.3) is 0 Å². The van der Waals surface area contributed by atoms with Crippen molar-refractivity contribution in [3.8, 4) is 0 Å². The highest BCUT2D eigenvalue weighted by atomic mass is 19.1. The van der Waals surface area contributed by atoms with Gasteiger partial charge < -0.3 is 10.5 Å². The Kier molecular flexibility index (Phi) is 4.33. The second kappa shape index (κ2) is 6.18. The first kappa shape index (κ1) is 12.6. The molecule has 0 saturated heterocycles. The van der Waals surface area contributed by atoms with E-state index in [1.807, 2.05) is 30.3 Å². The van der Waals surface area contributed by atoms with Crippen LogP contribution in [-0.2, 0) is 24.5 Å². The number of nitrogens with two attached hydrogens (primary N) is 1. The van der Waals surface area contributed by atoms with Crippen molar-refractivity contribution >= 4 is 0 Å². The molecule has 2 N–H and O–H groups in total. The molecule has 0 aliphatic carbocycles. The Bertz CT molecular complexity index is 505. The fraction of sp³-hybridized carbons (Fsp3) is 0.231. The van der Waals surface area contributed by atoms with Crippen LogP contribution in [0.15, 0.2) is 36.7 Å². The molecule has 94 valence electrons. The lowest BCUT2D eigenvalue weighted by Gasteiger charge is -2.06. The maximum Gasteiger partial charge on any atom is 0.169 e. The summed E-state index contributed by atoms with van der Waals surface area (Å²) in [5, 5.41) is 0. The van der Waals surface area contributed by atoms with Gasteiger partial charge in [-0.1, -0.05) is 30.3 Å². The second-order valence-electron chi connectivity index (χ2n) is 3.76. The van der Waals surface area contributed by atoms with Crippen molar-refractivity contribution < 1.29 is 9.13 Å². The number of aromatic nitrogens is 2. The zero-order valence-electron chi connectivity index (χ0n) is 9.84. The van der Waals surface area contributed by atoms with Crippen molar-refractivity contribution in [1.82, 2.24) is 9.97 Å². The highest BCUT2D eigenvalue weighted by Gasteiger charge is 2.09. The van der Waals surface area contributed by atoms with E-state index in [0.29, 0.717) is 6.61 Å². The van der Waals surface area contributed by atoms with E-state index in [1.54, 1.807) is 0 Å². The molecule has 0 aliphatic rings. The Labute approximate surface area is 105 Å². The Morgan fingerprint density at radius 2 is 1.78 bits per heavy atom. The maximum atomic E-state index is 13.7. The largest absolute Gasteiger partial charge is 0.370 e. The van der Waals surface area contributed by atoms with Gasteiger partial charge in [0, 0.05) is 6.54 Å². The molecule has 4 nitrogen and oxygen atoms in total. The van der Waals surface area contributed by atoms with Crippen LogP contribution in [0.3, 0.4) is 0 Å². The number of benzene rings is 1. The summed E-state index contributed by atoms with van der Waals surface area (Å²) in [5.74, 6) is -0.479. The minimum absolute atomic E-state index is 0.0556. The van der Waals surface area contributed by atoms with Gasteiger partial charge in [-0.15, -0.1) is 0 Å². The molecule has 0 spiro atoms. The fourth-order valence-corrected chi connectivity index (χ4v) is 1.53. The number of hydrogen-bond donors (Lipinski definition) is 1. The van der Waals surface area contributed by atoms with Crippen molar-refractivity contribution in [1.29, 1.82) is 0 Å². The normalized spacial score (nSPS) is 10.6. The average molecular weight is 247 g/mol. The summed E-state index contributed by atoms with van der Waals surface area (Å²) in [6, 6.07) is 9.68. The molecule has 1 aromatic carbocycles. The Morgan fingerprint density at radius 1 is 1.06 bits per heavy atom. The van der Waals surface area contributed by atoms with Gasteiger partial charge in [0.1, 0.15) is 12.0 Å². The number of halogens is 1. The molecule has 0 bridgehead atoms. The fourth-order valence-electron chi connectivity index (χ4n) is 1.53. The van der Waals surface area contributed by atoms with Crippen LogP contribution in [0.4, 0.5) is 4.39 Å². The van der Waals surface area contributed by atoms with E-state index in [-0.39, 0.29) is 24.5 Å². The van der Waals surface area contributed by atoms with Crippen LogP contribution in [0.5, 0.6) is 0 Å². The summed E-state index contributed by atoms with van der Waals surface area (Å²) in [5.41, 5.74) is 6.85. The van der Waals surface area contributed by atoms with Crippen molar-refractivity contribution in [2.45, 2.75) is 19.8 Å². The Balaban J connectivity index is 1.95. The van der Waals surface area contributed by atoms with Crippen LogP contribution < -0.4 is 5.73 Å².